The summed E-state index contributed by atoms with van der Waals surface area (Å²) in [5.74, 6) is 0.173. The van der Waals surface area contributed by atoms with E-state index in [4.69, 9.17) is 0 Å². The second kappa shape index (κ2) is 7.80. The molecule has 0 bridgehead atoms. The van der Waals surface area contributed by atoms with E-state index in [-0.39, 0.29) is 5.91 Å². The van der Waals surface area contributed by atoms with Gasteiger partial charge in [-0.05, 0) is 26.4 Å². The number of carbonyl (C=O) groups excluding carboxylic acids is 1. The lowest BCUT2D eigenvalue weighted by molar-refractivity contribution is -0.121. The lowest BCUT2D eigenvalue weighted by atomic mass is 10.2. The molecule has 0 aromatic rings. The molecule has 0 aliphatic rings. The van der Waals surface area contributed by atoms with Crippen LogP contribution in [0.3, 0.4) is 0 Å². The molecule has 0 aromatic carbocycles. The van der Waals surface area contributed by atoms with E-state index in [0.29, 0.717) is 12.5 Å². The molecule has 0 aliphatic heterocycles. The Kier molecular flexibility index (Phi) is 7.48. The SMILES string of the molecule is CCCC(=O)NCC(C)N(CC)CC. The zero-order chi connectivity index (χ0) is 11.0. The molecule has 14 heavy (non-hydrogen) atoms. The molecule has 84 valence electrons. The van der Waals surface area contributed by atoms with Crippen molar-refractivity contribution in [3.05, 3.63) is 0 Å². The maximum atomic E-state index is 11.2. The summed E-state index contributed by atoms with van der Waals surface area (Å²) in [6.45, 7) is 11.3. The normalized spacial score (nSPS) is 12.9. The summed E-state index contributed by atoms with van der Waals surface area (Å²) >= 11 is 0. The van der Waals surface area contributed by atoms with Crippen LogP contribution in [0.2, 0.25) is 0 Å². The van der Waals surface area contributed by atoms with Crippen LogP contribution in [0.4, 0.5) is 0 Å². The number of likely N-dealkylation sites (N-methyl/N-ethyl adjacent to an activating group) is 1. The number of nitrogens with zero attached hydrogens (tertiary/aromatic N) is 1. The number of carbonyl (C=O) groups is 1. The number of hydrogen-bond acceptors (Lipinski definition) is 2. The minimum Gasteiger partial charge on any atom is -0.355 e. The van der Waals surface area contributed by atoms with E-state index in [1.54, 1.807) is 0 Å². The monoisotopic (exact) mass is 200 g/mol. The van der Waals surface area contributed by atoms with Gasteiger partial charge in [-0.25, -0.2) is 0 Å². The van der Waals surface area contributed by atoms with E-state index in [2.05, 4.69) is 31.0 Å². The van der Waals surface area contributed by atoms with Crippen molar-refractivity contribution in [2.75, 3.05) is 19.6 Å². The first-order chi connectivity index (χ1) is 6.65. The van der Waals surface area contributed by atoms with Gasteiger partial charge in [-0.2, -0.15) is 0 Å². The van der Waals surface area contributed by atoms with E-state index < -0.39 is 0 Å². The molecule has 0 spiro atoms. The molecular weight excluding hydrogens is 176 g/mol. The van der Waals surface area contributed by atoms with Gasteiger partial charge in [0, 0.05) is 19.0 Å². The Morgan fingerprint density at radius 2 is 1.86 bits per heavy atom. The van der Waals surface area contributed by atoms with Gasteiger partial charge in [-0.1, -0.05) is 20.8 Å². The molecule has 0 aliphatic carbocycles. The van der Waals surface area contributed by atoms with E-state index in [9.17, 15) is 4.79 Å². The molecule has 0 saturated heterocycles. The Morgan fingerprint density at radius 3 is 2.29 bits per heavy atom. The molecule has 3 heteroatoms. The zero-order valence-electron chi connectivity index (χ0n) is 9.97. The molecule has 0 rings (SSSR count). The smallest absolute Gasteiger partial charge is 0.220 e. The first kappa shape index (κ1) is 13.4. The van der Waals surface area contributed by atoms with Crippen molar-refractivity contribution in [3.63, 3.8) is 0 Å². The maximum absolute atomic E-state index is 11.2. The highest BCUT2D eigenvalue weighted by atomic mass is 16.1. The van der Waals surface area contributed by atoms with Crippen LogP contribution in [0, 0.1) is 0 Å². The average molecular weight is 200 g/mol. The minimum atomic E-state index is 0.173. The number of hydrogen-bond donors (Lipinski definition) is 1. The Morgan fingerprint density at radius 1 is 1.29 bits per heavy atom. The molecular formula is C11H24N2O. The quantitative estimate of drug-likeness (QED) is 0.677. The van der Waals surface area contributed by atoms with Crippen LogP contribution < -0.4 is 5.32 Å². The molecule has 0 saturated carbocycles. The Bertz CT molecular complexity index is 155. The van der Waals surface area contributed by atoms with Gasteiger partial charge in [-0.3, -0.25) is 9.69 Å². The van der Waals surface area contributed by atoms with E-state index in [1.165, 1.54) is 0 Å². The van der Waals surface area contributed by atoms with E-state index in [0.717, 1.165) is 26.1 Å². The van der Waals surface area contributed by atoms with Crippen LogP contribution in [-0.4, -0.2) is 36.5 Å². The van der Waals surface area contributed by atoms with E-state index >= 15 is 0 Å². The summed E-state index contributed by atoms with van der Waals surface area (Å²) in [5.41, 5.74) is 0. The van der Waals surface area contributed by atoms with Gasteiger partial charge in [0.2, 0.25) is 5.91 Å². The van der Waals surface area contributed by atoms with Crippen LogP contribution in [0.15, 0.2) is 0 Å². The van der Waals surface area contributed by atoms with Gasteiger partial charge in [-0.15, -0.1) is 0 Å². The van der Waals surface area contributed by atoms with Crippen molar-refractivity contribution < 1.29 is 4.79 Å². The number of rotatable bonds is 7. The number of amides is 1. The lowest BCUT2D eigenvalue weighted by Gasteiger charge is -2.26. The van der Waals surface area contributed by atoms with Gasteiger partial charge in [0.25, 0.3) is 0 Å². The zero-order valence-corrected chi connectivity index (χ0v) is 9.97. The van der Waals surface area contributed by atoms with Gasteiger partial charge in [0.1, 0.15) is 0 Å². The fourth-order valence-corrected chi connectivity index (χ4v) is 1.55. The lowest BCUT2D eigenvalue weighted by Crippen LogP contribution is -2.41. The fraction of sp³-hybridized carbons (Fsp3) is 0.909. The molecule has 0 heterocycles. The summed E-state index contributed by atoms with van der Waals surface area (Å²) in [5, 5.41) is 2.95. The van der Waals surface area contributed by atoms with Crippen LogP contribution in [0.1, 0.15) is 40.5 Å². The van der Waals surface area contributed by atoms with Crippen molar-refractivity contribution in [3.8, 4) is 0 Å². The van der Waals surface area contributed by atoms with Crippen molar-refractivity contribution in [2.45, 2.75) is 46.6 Å². The predicted molar refractivity (Wildman–Crippen MR) is 60.3 cm³/mol. The topological polar surface area (TPSA) is 32.3 Å². The molecule has 0 fully saturated rings. The molecule has 3 nitrogen and oxygen atoms in total. The fourth-order valence-electron chi connectivity index (χ4n) is 1.55. The second-order valence-electron chi connectivity index (χ2n) is 3.62. The first-order valence-corrected chi connectivity index (χ1v) is 5.66. The van der Waals surface area contributed by atoms with Crippen molar-refractivity contribution >= 4 is 5.91 Å². The summed E-state index contributed by atoms with van der Waals surface area (Å²) in [6.07, 6.45) is 1.57. The van der Waals surface area contributed by atoms with Crippen LogP contribution >= 0.6 is 0 Å². The predicted octanol–water partition coefficient (Wildman–Crippen LogP) is 1.63. The highest BCUT2D eigenvalue weighted by Crippen LogP contribution is 1.96. The number of nitrogens with one attached hydrogen (secondary N) is 1. The standard InChI is InChI=1S/C11H24N2O/c1-5-8-11(14)12-9-10(4)13(6-2)7-3/h10H,5-9H2,1-4H3,(H,12,14). The average Bonchev–Trinajstić information content (AvgIpc) is 2.17. The molecule has 1 unspecified atom stereocenters. The third-order valence-corrected chi connectivity index (χ3v) is 2.51. The highest BCUT2D eigenvalue weighted by Gasteiger charge is 2.10. The Labute approximate surface area is 87.9 Å². The van der Waals surface area contributed by atoms with Crippen molar-refractivity contribution in [1.82, 2.24) is 10.2 Å². The van der Waals surface area contributed by atoms with Gasteiger partial charge in [0.15, 0.2) is 0 Å². The molecule has 1 N–H and O–H groups in total. The van der Waals surface area contributed by atoms with Crippen molar-refractivity contribution in [1.29, 1.82) is 0 Å². The molecule has 1 amide bonds. The van der Waals surface area contributed by atoms with Crippen LogP contribution in [0.25, 0.3) is 0 Å². The summed E-state index contributed by atoms with van der Waals surface area (Å²) in [6, 6.07) is 0.436. The maximum Gasteiger partial charge on any atom is 0.220 e. The minimum absolute atomic E-state index is 0.173. The summed E-state index contributed by atoms with van der Waals surface area (Å²) in [4.78, 5) is 13.6. The van der Waals surface area contributed by atoms with E-state index in [1.807, 2.05) is 6.92 Å². The summed E-state index contributed by atoms with van der Waals surface area (Å²) in [7, 11) is 0. The van der Waals surface area contributed by atoms with Gasteiger partial charge >= 0.3 is 0 Å². The van der Waals surface area contributed by atoms with Crippen molar-refractivity contribution in [2.24, 2.45) is 0 Å². The highest BCUT2D eigenvalue weighted by molar-refractivity contribution is 5.75. The van der Waals surface area contributed by atoms with Gasteiger partial charge < -0.3 is 5.32 Å². The Hall–Kier alpha value is -0.570. The molecule has 0 radical (unpaired) electrons. The van der Waals surface area contributed by atoms with Crippen LogP contribution in [0.5, 0.6) is 0 Å². The third kappa shape index (κ3) is 5.22. The second-order valence-corrected chi connectivity index (χ2v) is 3.62. The third-order valence-electron chi connectivity index (χ3n) is 2.51. The summed E-state index contributed by atoms with van der Waals surface area (Å²) < 4.78 is 0. The van der Waals surface area contributed by atoms with Gasteiger partial charge in [0.05, 0.1) is 0 Å². The largest absolute Gasteiger partial charge is 0.355 e. The molecule has 1 atom stereocenters. The Balaban J connectivity index is 3.71. The first-order valence-electron chi connectivity index (χ1n) is 5.66. The molecule has 0 aromatic heterocycles. The van der Waals surface area contributed by atoms with Crippen LogP contribution in [-0.2, 0) is 4.79 Å².